The number of amides is 1. The van der Waals surface area contributed by atoms with Crippen molar-refractivity contribution in [3.05, 3.63) is 83.4 Å². The summed E-state index contributed by atoms with van der Waals surface area (Å²) in [4.78, 5) is 27.2. The van der Waals surface area contributed by atoms with Crippen molar-refractivity contribution in [3.8, 4) is 28.5 Å². The first-order valence-corrected chi connectivity index (χ1v) is 15.2. The first-order chi connectivity index (χ1) is 20.8. The Hall–Kier alpha value is -4.41. The number of aromatic carboxylic acids is 1. The Balaban J connectivity index is 0.000000996. The van der Waals surface area contributed by atoms with Crippen molar-refractivity contribution in [1.29, 1.82) is 5.26 Å². The van der Waals surface area contributed by atoms with E-state index in [4.69, 9.17) is 4.74 Å². The summed E-state index contributed by atoms with van der Waals surface area (Å²) in [5.74, 6) is -0.831. The number of nitrogens with zero attached hydrogens (tertiary/aromatic N) is 3. The molecular formula is C36H41N3O4. The van der Waals surface area contributed by atoms with Crippen LogP contribution in [-0.2, 0) is 16.1 Å². The van der Waals surface area contributed by atoms with E-state index in [1.54, 1.807) is 18.2 Å². The second kappa shape index (κ2) is 14.7. The highest BCUT2D eigenvalue weighted by molar-refractivity contribution is 5.99. The van der Waals surface area contributed by atoms with E-state index in [0.717, 1.165) is 45.3 Å². The molecular weight excluding hydrogens is 538 g/mol. The Morgan fingerprint density at radius 2 is 1.60 bits per heavy atom. The second-order valence-corrected chi connectivity index (χ2v) is 11.0. The number of hydrogen-bond acceptors (Lipinski definition) is 4. The van der Waals surface area contributed by atoms with Gasteiger partial charge in [-0.2, -0.15) is 5.26 Å². The van der Waals surface area contributed by atoms with Crippen LogP contribution in [0.4, 0.5) is 0 Å². The summed E-state index contributed by atoms with van der Waals surface area (Å²) in [5, 5.41) is 20.0. The van der Waals surface area contributed by atoms with Crippen LogP contribution in [0.1, 0.15) is 74.4 Å². The summed E-state index contributed by atoms with van der Waals surface area (Å²) in [7, 11) is 0. The molecule has 1 aromatic heterocycles. The number of nitriles is 1. The average molecular weight is 580 g/mol. The van der Waals surface area contributed by atoms with Gasteiger partial charge in [0.05, 0.1) is 41.6 Å². The van der Waals surface area contributed by atoms with Gasteiger partial charge in [0.1, 0.15) is 6.54 Å². The third kappa shape index (κ3) is 7.15. The van der Waals surface area contributed by atoms with Crippen molar-refractivity contribution in [2.45, 2.75) is 59.4 Å². The molecule has 1 atom stereocenters. The highest BCUT2D eigenvalue weighted by Crippen LogP contribution is 2.40. The molecule has 7 heteroatoms. The minimum atomic E-state index is -1.00. The number of benzene rings is 3. The smallest absolute Gasteiger partial charge is 0.335 e. The number of morpholine rings is 1. The number of carboxylic acids is 1. The Labute approximate surface area is 254 Å². The summed E-state index contributed by atoms with van der Waals surface area (Å²) in [6.07, 6.45) is 3.53. The summed E-state index contributed by atoms with van der Waals surface area (Å²) >= 11 is 0. The topological polar surface area (TPSA) is 95.6 Å². The molecule has 5 rings (SSSR count). The van der Waals surface area contributed by atoms with Crippen LogP contribution in [0, 0.1) is 11.3 Å². The first kappa shape index (κ1) is 31.5. The lowest BCUT2D eigenvalue weighted by molar-refractivity contribution is -0.135. The number of aromatic nitrogens is 1. The lowest BCUT2D eigenvalue weighted by Crippen LogP contribution is -2.42. The Kier molecular flexibility index (Phi) is 10.7. The summed E-state index contributed by atoms with van der Waals surface area (Å²) in [6, 6.07) is 23.0. The third-order valence-corrected chi connectivity index (χ3v) is 8.10. The molecule has 3 aromatic carbocycles. The SMILES string of the molecule is CCC(C)c1c(-c2ccc(-c3cccc(C#N)c3)cc2)n(CC(=O)N2CCOCC2)c2cc(C(=O)O)ccc12.CCCC. The highest BCUT2D eigenvalue weighted by atomic mass is 16.5. The molecule has 0 spiro atoms. The quantitative estimate of drug-likeness (QED) is 0.231. The molecule has 0 radical (unpaired) electrons. The largest absolute Gasteiger partial charge is 0.478 e. The van der Waals surface area contributed by atoms with Crippen LogP contribution in [0.2, 0.25) is 0 Å². The van der Waals surface area contributed by atoms with Gasteiger partial charge in [-0.15, -0.1) is 0 Å². The standard InChI is InChI=1S/C32H31N3O4.C4H10/c1-3-21(2)30-27-12-11-26(32(37)38)18-28(27)35(20-29(36)34-13-15-39-16-14-34)31(30)24-9-7-23(8-10-24)25-6-4-5-22(17-25)19-33;1-3-4-2/h4-12,17-18,21H,3,13-16,20H2,1-2H3,(H,37,38);3-4H2,1-2H3. The van der Waals surface area contributed by atoms with Gasteiger partial charge in [0.25, 0.3) is 0 Å². The van der Waals surface area contributed by atoms with Crippen LogP contribution in [0.15, 0.2) is 66.7 Å². The molecule has 1 saturated heterocycles. The molecule has 1 N–H and O–H groups in total. The molecule has 1 fully saturated rings. The maximum atomic E-state index is 13.5. The average Bonchev–Trinajstić information content (AvgIpc) is 3.37. The zero-order valence-corrected chi connectivity index (χ0v) is 25.6. The molecule has 1 aliphatic rings. The maximum Gasteiger partial charge on any atom is 0.335 e. The number of unbranched alkanes of at least 4 members (excludes halogenated alkanes) is 1. The normalized spacial score (nSPS) is 13.6. The van der Waals surface area contributed by atoms with Crippen LogP contribution < -0.4 is 0 Å². The van der Waals surface area contributed by atoms with E-state index in [-0.39, 0.29) is 23.9 Å². The van der Waals surface area contributed by atoms with Gasteiger partial charge < -0.3 is 19.3 Å². The number of ether oxygens (including phenoxy) is 1. The number of hydrogen-bond donors (Lipinski definition) is 1. The fraction of sp³-hybridized carbons (Fsp3) is 0.361. The van der Waals surface area contributed by atoms with E-state index in [1.165, 1.54) is 12.8 Å². The molecule has 0 saturated carbocycles. The third-order valence-electron chi connectivity index (χ3n) is 8.10. The molecule has 1 amide bonds. The van der Waals surface area contributed by atoms with Gasteiger partial charge in [-0.3, -0.25) is 4.79 Å². The van der Waals surface area contributed by atoms with Gasteiger partial charge in [0, 0.05) is 18.5 Å². The van der Waals surface area contributed by atoms with Gasteiger partial charge in [0.2, 0.25) is 5.91 Å². The predicted molar refractivity (Wildman–Crippen MR) is 171 cm³/mol. The van der Waals surface area contributed by atoms with Crippen LogP contribution in [0.25, 0.3) is 33.3 Å². The van der Waals surface area contributed by atoms with Crippen molar-refractivity contribution in [1.82, 2.24) is 9.47 Å². The van der Waals surface area contributed by atoms with Gasteiger partial charge >= 0.3 is 5.97 Å². The molecule has 0 bridgehead atoms. The van der Waals surface area contributed by atoms with Gasteiger partial charge in [-0.25, -0.2) is 4.79 Å². The van der Waals surface area contributed by atoms with Gasteiger partial charge in [-0.1, -0.05) is 83.0 Å². The predicted octanol–water partition coefficient (Wildman–Crippen LogP) is 7.72. The monoisotopic (exact) mass is 579 g/mol. The lowest BCUT2D eigenvalue weighted by Gasteiger charge is -2.27. The van der Waals surface area contributed by atoms with Crippen LogP contribution >= 0.6 is 0 Å². The zero-order chi connectivity index (χ0) is 30.9. The van der Waals surface area contributed by atoms with Crippen molar-refractivity contribution in [2.24, 2.45) is 0 Å². The number of rotatable bonds is 8. The van der Waals surface area contributed by atoms with Crippen LogP contribution in [-0.4, -0.2) is 52.8 Å². The second-order valence-electron chi connectivity index (χ2n) is 11.0. The Morgan fingerprint density at radius 1 is 0.930 bits per heavy atom. The van der Waals surface area contributed by atoms with Crippen molar-refractivity contribution >= 4 is 22.8 Å². The zero-order valence-electron chi connectivity index (χ0n) is 25.6. The van der Waals surface area contributed by atoms with Crippen molar-refractivity contribution < 1.29 is 19.4 Å². The molecule has 7 nitrogen and oxygen atoms in total. The molecule has 1 aliphatic heterocycles. The summed E-state index contributed by atoms with van der Waals surface area (Å²) < 4.78 is 7.43. The first-order valence-electron chi connectivity index (χ1n) is 15.2. The molecule has 43 heavy (non-hydrogen) atoms. The highest BCUT2D eigenvalue weighted by Gasteiger charge is 2.26. The van der Waals surface area contributed by atoms with Crippen LogP contribution in [0.3, 0.4) is 0 Å². The minimum absolute atomic E-state index is 0.0159. The summed E-state index contributed by atoms with van der Waals surface area (Å²) in [6.45, 7) is 10.9. The van der Waals surface area contributed by atoms with Gasteiger partial charge in [0.15, 0.2) is 0 Å². The van der Waals surface area contributed by atoms with Crippen LogP contribution in [0.5, 0.6) is 0 Å². The van der Waals surface area contributed by atoms with Crippen molar-refractivity contribution in [3.63, 3.8) is 0 Å². The van der Waals surface area contributed by atoms with E-state index in [9.17, 15) is 20.0 Å². The number of carbonyl (C=O) groups is 2. The molecule has 4 aromatic rings. The Morgan fingerprint density at radius 3 is 2.21 bits per heavy atom. The molecule has 224 valence electrons. The number of fused-ring (bicyclic) bond motifs is 1. The van der Waals surface area contributed by atoms with E-state index in [2.05, 4.69) is 33.8 Å². The molecule has 1 unspecified atom stereocenters. The fourth-order valence-corrected chi connectivity index (χ4v) is 5.32. The van der Waals surface area contributed by atoms with E-state index in [0.29, 0.717) is 31.9 Å². The molecule has 2 heterocycles. The maximum absolute atomic E-state index is 13.5. The number of carbonyl (C=O) groups excluding carboxylic acids is 1. The van der Waals surface area contributed by atoms with E-state index < -0.39 is 5.97 Å². The van der Waals surface area contributed by atoms with E-state index >= 15 is 0 Å². The van der Waals surface area contributed by atoms with Gasteiger partial charge in [-0.05, 0) is 58.9 Å². The minimum Gasteiger partial charge on any atom is -0.478 e. The number of carboxylic acid groups (broad SMARTS) is 1. The summed E-state index contributed by atoms with van der Waals surface area (Å²) in [5.41, 5.74) is 6.47. The fourth-order valence-electron chi connectivity index (χ4n) is 5.32. The lowest BCUT2D eigenvalue weighted by atomic mass is 9.92. The van der Waals surface area contributed by atoms with E-state index in [1.807, 2.05) is 58.0 Å². The van der Waals surface area contributed by atoms with Crippen molar-refractivity contribution in [2.75, 3.05) is 26.3 Å². The Bertz CT molecular complexity index is 1610. The molecule has 0 aliphatic carbocycles.